The van der Waals surface area contributed by atoms with Crippen LogP contribution in [0.5, 0.6) is 0 Å². The second-order valence-corrected chi connectivity index (χ2v) is 3.65. The lowest BCUT2D eigenvalue weighted by Gasteiger charge is -2.03. The van der Waals surface area contributed by atoms with E-state index in [1.807, 2.05) is 48.5 Å². The van der Waals surface area contributed by atoms with Gasteiger partial charge in [0.25, 0.3) is 0 Å². The molecule has 0 heterocycles. The highest BCUT2D eigenvalue weighted by atomic mass is 16.2. The molecular formula is C15H12N2O. The van der Waals surface area contributed by atoms with Gasteiger partial charge in [-0.05, 0) is 24.3 Å². The Bertz CT molecular complexity index is 609. The SMILES string of the molecule is NC(=O)Nc1ccccc1C#Cc1ccccc1. The van der Waals surface area contributed by atoms with E-state index in [1.54, 1.807) is 6.07 Å². The molecule has 2 amide bonds. The first-order valence-corrected chi connectivity index (χ1v) is 5.48. The number of hydrogen-bond acceptors (Lipinski definition) is 1. The van der Waals surface area contributed by atoms with Crippen molar-refractivity contribution in [1.29, 1.82) is 0 Å². The van der Waals surface area contributed by atoms with Gasteiger partial charge in [0.05, 0.1) is 5.69 Å². The maximum Gasteiger partial charge on any atom is 0.316 e. The van der Waals surface area contributed by atoms with Crippen LogP contribution in [0.3, 0.4) is 0 Å². The normalized spacial score (nSPS) is 9.11. The van der Waals surface area contributed by atoms with Crippen molar-refractivity contribution in [3.8, 4) is 11.8 Å². The van der Waals surface area contributed by atoms with Gasteiger partial charge in [-0.1, -0.05) is 42.2 Å². The zero-order valence-electron chi connectivity index (χ0n) is 9.68. The van der Waals surface area contributed by atoms with Crippen LogP contribution in [0.15, 0.2) is 54.6 Å². The monoisotopic (exact) mass is 236 g/mol. The summed E-state index contributed by atoms with van der Waals surface area (Å²) >= 11 is 0. The first kappa shape index (κ1) is 11.7. The van der Waals surface area contributed by atoms with Gasteiger partial charge < -0.3 is 11.1 Å². The second-order valence-electron chi connectivity index (χ2n) is 3.65. The Hall–Kier alpha value is -2.73. The van der Waals surface area contributed by atoms with Gasteiger partial charge >= 0.3 is 6.03 Å². The fourth-order valence-corrected chi connectivity index (χ4v) is 1.49. The molecule has 2 aromatic rings. The molecule has 0 saturated heterocycles. The Balaban J connectivity index is 2.30. The molecule has 0 radical (unpaired) electrons. The molecule has 3 nitrogen and oxygen atoms in total. The number of carbonyl (C=O) groups excluding carboxylic acids is 1. The van der Waals surface area contributed by atoms with Crippen molar-refractivity contribution < 1.29 is 4.79 Å². The molecule has 2 rings (SSSR count). The lowest BCUT2D eigenvalue weighted by atomic mass is 10.1. The van der Waals surface area contributed by atoms with Crippen LogP contribution in [0.2, 0.25) is 0 Å². The quantitative estimate of drug-likeness (QED) is 0.734. The van der Waals surface area contributed by atoms with E-state index >= 15 is 0 Å². The Morgan fingerprint density at radius 2 is 1.61 bits per heavy atom. The van der Waals surface area contributed by atoms with Gasteiger partial charge in [0.1, 0.15) is 0 Å². The molecule has 0 spiro atoms. The molecule has 0 aromatic heterocycles. The maximum absolute atomic E-state index is 10.9. The Morgan fingerprint density at radius 1 is 0.944 bits per heavy atom. The minimum absolute atomic E-state index is 0.594. The lowest BCUT2D eigenvalue weighted by Crippen LogP contribution is -2.19. The van der Waals surface area contributed by atoms with E-state index in [0.717, 1.165) is 11.1 Å². The summed E-state index contributed by atoms with van der Waals surface area (Å²) < 4.78 is 0. The molecular weight excluding hydrogens is 224 g/mol. The molecule has 0 aliphatic rings. The van der Waals surface area contributed by atoms with Gasteiger partial charge in [0.2, 0.25) is 0 Å². The number of amides is 2. The standard InChI is InChI=1S/C15H12N2O/c16-15(18)17-14-9-5-4-8-13(14)11-10-12-6-2-1-3-7-12/h1-9H,(H3,16,17,18). The molecule has 0 bridgehead atoms. The first-order chi connectivity index (χ1) is 8.75. The van der Waals surface area contributed by atoms with Gasteiger partial charge in [-0.15, -0.1) is 0 Å². The Morgan fingerprint density at radius 3 is 2.33 bits per heavy atom. The molecule has 0 saturated carbocycles. The minimum atomic E-state index is -0.594. The summed E-state index contributed by atoms with van der Waals surface area (Å²) in [6.07, 6.45) is 0. The van der Waals surface area contributed by atoms with Crippen LogP contribution < -0.4 is 11.1 Å². The van der Waals surface area contributed by atoms with Crippen LogP contribution in [0.1, 0.15) is 11.1 Å². The van der Waals surface area contributed by atoms with Crippen LogP contribution in [-0.2, 0) is 0 Å². The molecule has 0 aliphatic heterocycles. The maximum atomic E-state index is 10.9. The van der Waals surface area contributed by atoms with Crippen molar-refractivity contribution in [2.75, 3.05) is 5.32 Å². The van der Waals surface area contributed by atoms with Crippen molar-refractivity contribution in [3.63, 3.8) is 0 Å². The Labute approximate surface area is 106 Å². The third-order valence-electron chi connectivity index (χ3n) is 2.30. The molecule has 2 aromatic carbocycles. The summed E-state index contributed by atoms with van der Waals surface area (Å²) in [4.78, 5) is 10.9. The molecule has 0 aliphatic carbocycles. The molecule has 0 unspecified atom stereocenters. The molecule has 88 valence electrons. The lowest BCUT2D eigenvalue weighted by molar-refractivity contribution is 0.259. The molecule has 18 heavy (non-hydrogen) atoms. The number of benzene rings is 2. The number of primary amides is 1. The van der Waals surface area contributed by atoms with Crippen molar-refractivity contribution in [3.05, 3.63) is 65.7 Å². The molecule has 0 fully saturated rings. The predicted molar refractivity (Wildman–Crippen MR) is 72.1 cm³/mol. The summed E-state index contributed by atoms with van der Waals surface area (Å²) in [5, 5.41) is 2.55. The molecule has 0 atom stereocenters. The van der Waals surface area contributed by atoms with E-state index in [0.29, 0.717) is 5.69 Å². The number of nitrogens with two attached hydrogens (primary N) is 1. The number of carbonyl (C=O) groups is 1. The first-order valence-electron chi connectivity index (χ1n) is 5.48. The van der Waals surface area contributed by atoms with Crippen LogP contribution in [-0.4, -0.2) is 6.03 Å². The number of para-hydroxylation sites is 1. The van der Waals surface area contributed by atoms with Gasteiger partial charge in [0.15, 0.2) is 0 Å². The van der Waals surface area contributed by atoms with E-state index in [9.17, 15) is 4.79 Å². The molecule has 3 N–H and O–H groups in total. The summed E-state index contributed by atoms with van der Waals surface area (Å²) in [6, 6.07) is 16.3. The number of nitrogens with one attached hydrogen (secondary N) is 1. The number of urea groups is 1. The summed E-state index contributed by atoms with van der Waals surface area (Å²) in [6.45, 7) is 0. The van der Waals surface area contributed by atoms with E-state index in [2.05, 4.69) is 17.2 Å². The van der Waals surface area contributed by atoms with Crippen LogP contribution in [0.4, 0.5) is 10.5 Å². The number of rotatable bonds is 1. The minimum Gasteiger partial charge on any atom is -0.351 e. The van der Waals surface area contributed by atoms with Crippen LogP contribution in [0.25, 0.3) is 0 Å². The zero-order chi connectivity index (χ0) is 12.8. The smallest absolute Gasteiger partial charge is 0.316 e. The highest BCUT2D eigenvalue weighted by molar-refractivity contribution is 5.89. The van der Waals surface area contributed by atoms with E-state index in [4.69, 9.17) is 5.73 Å². The van der Waals surface area contributed by atoms with Crippen molar-refractivity contribution in [2.24, 2.45) is 5.73 Å². The summed E-state index contributed by atoms with van der Waals surface area (Å²) in [7, 11) is 0. The van der Waals surface area contributed by atoms with Crippen molar-refractivity contribution >= 4 is 11.7 Å². The topological polar surface area (TPSA) is 55.1 Å². The average molecular weight is 236 g/mol. The average Bonchev–Trinajstić information content (AvgIpc) is 2.38. The van der Waals surface area contributed by atoms with Gasteiger partial charge in [-0.25, -0.2) is 4.79 Å². The van der Waals surface area contributed by atoms with Crippen molar-refractivity contribution in [1.82, 2.24) is 0 Å². The number of anilines is 1. The zero-order valence-corrected chi connectivity index (χ0v) is 9.68. The third kappa shape index (κ3) is 3.13. The van der Waals surface area contributed by atoms with Gasteiger partial charge in [0, 0.05) is 11.1 Å². The molecule has 3 heteroatoms. The largest absolute Gasteiger partial charge is 0.351 e. The summed E-state index contributed by atoms with van der Waals surface area (Å²) in [5.74, 6) is 6.05. The van der Waals surface area contributed by atoms with Crippen molar-refractivity contribution in [2.45, 2.75) is 0 Å². The van der Waals surface area contributed by atoms with E-state index in [1.165, 1.54) is 0 Å². The highest BCUT2D eigenvalue weighted by Gasteiger charge is 2.00. The van der Waals surface area contributed by atoms with E-state index in [-0.39, 0.29) is 0 Å². The number of hydrogen-bond donors (Lipinski definition) is 2. The van der Waals surface area contributed by atoms with Crippen LogP contribution >= 0.6 is 0 Å². The second kappa shape index (κ2) is 5.55. The van der Waals surface area contributed by atoms with E-state index < -0.39 is 6.03 Å². The predicted octanol–water partition coefficient (Wildman–Crippen LogP) is 2.58. The van der Waals surface area contributed by atoms with Gasteiger partial charge in [-0.2, -0.15) is 0 Å². The summed E-state index contributed by atoms with van der Waals surface area (Å²) in [5.41, 5.74) is 7.38. The third-order valence-corrected chi connectivity index (χ3v) is 2.30. The fraction of sp³-hybridized carbons (Fsp3) is 0. The Kier molecular flexibility index (Phi) is 3.62. The highest BCUT2D eigenvalue weighted by Crippen LogP contribution is 2.13. The van der Waals surface area contributed by atoms with Crippen LogP contribution in [0, 0.1) is 11.8 Å². The fourth-order valence-electron chi connectivity index (χ4n) is 1.49. The van der Waals surface area contributed by atoms with Gasteiger partial charge in [-0.3, -0.25) is 0 Å².